The molecular formula is C30H32N2O3. The van der Waals surface area contributed by atoms with Crippen LogP contribution >= 0.6 is 0 Å². The van der Waals surface area contributed by atoms with Crippen molar-refractivity contribution in [1.29, 1.82) is 0 Å². The van der Waals surface area contributed by atoms with Gasteiger partial charge in [0.1, 0.15) is 17.5 Å². The van der Waals surface area contributed by atoms with Crippen molar-refractivity contribution in [3.8, 4) is 5.75 Å². The maximum atomic E-state index is 13.0. The number of aromatic nitrogens is 1. The first-order valence-electron chi connectivity index (χ1n) is 12.5. The summed E-state index contributed by atoms with van der Waals surface area (Å²) in [5, 5.41) is 4.54. The van der Waals surface area contributed by atoms with E-state index in [9.17, 15) is 4.79 Å². The fourth-order valence-electron chi connectivity index (χ4n) is 5.15. The van der Waals surface area contributed by atoms with Crippen LogP contribution in [0.2, 0.25) is 0 Å². The summed E-state index contributed by atoms with van der Waals surface area (Å²) in [4.78, 5) is 16.4. The van der Waals surface area contributed by atoms with Crippen molar-refractivity contribution in [3.63, 3.8) is 0 Å². The minimum absolute atomic E-state index is 0.109. The molecule has 0 spiro atoms. The van der Waals surface area contributed by atoms with E-state index in [-0.39, 0.29) is 18.0 Å². The van der Waals surface area contributed by atoms with E-state index in [0.29, 0.717) is 18.3 Å². The van der Waals surface area contributed by atoms with E-state index < -0.39 is 0 Å². The monoisotopic (exact) mass is 468 g/mol. The lowest BCUT2D eigenvalue weighted by atomic mass is 9.83. The molecule has 0 amide bonds. The minimum Gasteiger partial charge on any atom is -0.489 e. The first-order valence-corrected chi connectivity index (χ1v) is 12.5. The molecule has 3 aromatic carbocycles. The van der Waals surface area contributed by atoms with Crippen LogP contribution in [0.15, 0.2) is 78.9 Å². The van der Waals surface area contributed by atoms with Crippen molar-refractivity contribution in [3.05, 3.63) is 101 Å². The largest absolute Gasteiger partial charge is 0.489 e. The number of carbonyl (C=O) groups excluding carboxylic acids is 1. The molecule has 1 aromatic heterocycles. The molecule has 0 radical (unpaired) electrons. The van der Waals surface area contributed by atoms with Gasteiger partial charge in [-0.05, 0) is 62.6 Å². The number of esters is 1. The highest BCUT2D eigenvalue weighted by Crippen LogP contribution is 2.39. The SMILES string of the molecule is CCOC(=O)c1[nH]c2ccccc2c1C(c1ccccc1)c1ccc(OC(C)C2CCCN2)cc1. The zero-order valence-electron chi connectivity index (χ0n) is 20.3. The smallest absolute Gasteiger partial charge is 0.355 e. The van der Waals surface area contributed by atoms with Crippen LogP contribution in [0.4, 0.5) is 0 Å². The van der Waals surface area contributed by atoms with Crippen LogP contribution in [-0.2, 0) is 4.74 Å². The number of aromatic amines is 1. The van der Waals surface area contributed by atoms with Crippen LogP contribution in [0.25, 0.3) is 10.9 Å². The molecule has 5 nitrogen and oxygen atoms in total. The van der Waals surface area contributed by atoms with Crippen molar-refractivity contribution < 1.29 is 14.3 Å². The zero-order valence-corrected chi connectivity index (χ0v) is 20.3. The van der Waals surface area contributed by atoms with Crippen molar-refractivity contribution >= 4 is 16.9 Å². The number of carbonyl (C=O) groups is 1. The van der Waals surface area contributed by atoms with Gasteiger partial charge in [-0.1, -0.05) is 60.7 Å². The lowest BCUT2D eigenvalue weighted by Gasteiger charge is -2.23. The molecule has 4 aromatic rings. The summed E-state index contributed by atoms with van der Waals surface area (Å²) in [6.07, 6.45) is 2.45. The molecule has 35 heavy (non-hydrogen) atoms. The summed E-state index contributed by atoms with van der Waals surface area (Å²) >= 11 is 0. The van der Waals surface area contributed by atoms with Crippen molar-refractivity contribution in [2.45, 2.75) is 44.8 Å². The number of rotatable bonds is 8. The van der Waals surface area contributed by atoms with Crippen molar-refractivity contribution in [2.24, 2.45) is 0 Å². The number of benzene rings is 3. The lowest BCUT2D eigenvalue weighted by Crippen LogP contribution is -2.36. The van der Waals surface area contributed by atoms with E-state index in [2.05, 4.69) is 47.6 Å². The average Bonchev–Trinajstić information content (AvgIpc) is 3.55. The Morgan fingerprint density at radius 1 is 0.971 bits per heavy atom. The Morgan fingerprint density at radius 3 is 2.40 bits per heavy atom. The number of nitrogens with one attached hydrogen (secondary N) is 2. The molecule has 1 saturated heterocycles. The normalized spacial score (nSPS) is 17.3. The van der Waals surface area contributed by atoms with Gasteiger partial charge >= 0.3 is 5.97 Å². The van der Waals surface area contributed by atoms with E-state index in [0.717, 1.165) is 46.3 Å². The van der Waals surface area contributed by atoms with Gasteiger partial charge in [0.05, 0.1) is 6.61 Å². The van der Waals surface area contributed by atoms with E-state index in [1.165, 1.54) is 6.42 Å². The van der Waals surface area contributed by atoms with Gasteiger partial charge in [-0.25, -0.2) is 4.79 Å². The third-order valence-corrected chi connectivity index (χ3v) is 6.85. The standard InChI is InChI=1S/C30H32N2O3/c1-3-34-30(33)29-28(24-12-7-8-13-26(24)32-29)27(21-10-5-4-6-11-21)22-15-17-23(18-16-22)35-20(2)25-14-9-19-31-25/h4-8,10-13,15-18,20,25,27,31-32H,3,9,14,19H2,1-2H3. The Hall–Kier alpha value is -3.57. The summed E-state index contributed by atoms with van der Waals surface area (Å²) < 4.78 is 11.7. The molecule has 180 valence electrons. The number of fused-ring (bicyclic) bond motifs is 1. The number of ether oxygens (including phenoxy) is 2. The lowest BCUT2D eigenvalue weighted by molar-refractivity contribution is 0.0519. The fourth-order valence-corrected chi connectivity index (χ4v) is 5.15. The van der Waals surface area contributed by atoms with Gasteiger partial charge in [0.15, 0.2) is 0 Å². The summed E-state index contributed by atoms with van der Waals surface area (Å²) in [5.74, 6) is 0.374. The van der Waals surface area contributed by atoms with Crippen molar-refractivity contribution in [2.75, 3.05) is 13.2 Å². The Balaban J connectivity index is 1.57. The summed E-state index contributed by atoms with van der Waals surface area (Å²) in [7, 11) is 0. The number of hydrogen-bond acceptors (Lipinski definition) is 4. The van der Waals surface area contributed by atoms with Gasteiger partial charge in [0.2, 0.25) is 0 Å². The van der Waals surface area contributed by atoms with Gasteiger partial charge in [-0.15, -0.1) is 0 Å². The fraction of sp³-hybridized carbons (Fsp3) is 0.300. The first-order chi connectivity index (χ1) is 17.2. The molecule has 0 saturated carbocycles. The maximum absolute atomic E-state index is 13.0. The highest BCUT2D eigenvalue weighted by Gasteiger charge is 2.28. The number of hydrogen-bond donors (Lipinski definition) is 2. The van der Waals surface area contributed by atoms with E-state index >= 15 is 0 Å². The van der Waals surface area contributed by atoms with E-state index in [1.807, 2.05) is 55.5 Å². The third kappa shape index (κ3) is 4.82. The molecular weight excluding hydrogens is 436 g/mol. The van der Waals surface area contributed by atoms with E-state index in [1.54, 1.807) is 0 Å². The van der Waals surface area contributed by atoms with Crippen LogP contribution in [0.5, 0.6) is 5.75 Å². The highest BCUT2D eigenvalue weighted by atomic mass is 16.5. The molecule has 1 fully saturated rings. The van der Waals surface area contributed by atoms with Crippen molar-refractivity contribution in [1.82, 2.24) is 10.3 Å². The Kier molecular flexibility index (Phi) is 6.87. The topological polar surface area (TPSA) is 63.4 Å². The predicted octanol–water partition coefficient (Wildman–Crippen LogP) is 6.04. The second-order valence-electron chi connectivity index (χ2n) is 9.12. The van der Waals surface area contributed by atoms with Gasteiger partial charge in [-0.2, -0.15) is 0 Å². The molecule has 3 atom stereocenters. The van der Waals surface area contributed by atoms with Gasteiger partial charge in [-0.3, -0.25) is 0 Å². The average molecular weight is 469 g/mol. The van der Waals surface area contributed by atoms with Gasteiger partial charge in [0.25, 0.3) is 0 Å². The van der Waals surface area contributed by atoms with Crippen LogP contribution < -0.4 is 10.1 Å². The van der Waals surface area contributed by atoms with Crippen LogP contribution in [-0.4, -0.2) is 36.3 Å². The number of H-pyrrole nitrogens is 1. The minimum atomic E-state index is -0.336. The highest BCUT2D eigenvalue weighted by molar-refractivity contribution is 5.99. The summed E-state index contributed by atoms with van der Waals surface area (Å²) in [5.41, 5.74) is 4.56. The molecule has 3 unspecified atom stereocenters. The summed E-state index contributed by atoms with van der Waals surface area (Å²) in [6.45, 7) is 5.34. The van der Waals surface area contributed by atoms with Crippen LogP contribution in [0.1, 0.15) is 59.8 Å². The van der Waals surface area contributed by atoms with Gasteiger partial charge in [0, 0.05) is 28.4 Å². The maximum Gasteiger partial charge on any atom is 0.355 e. The first kappa shape index (κ1) is 23.2. The molecule has 5 rings (SSSR count). The van der Waals surface area contributed by atoms with Crippen LogP contribution in [0.3, 0.4) is 0 Å². The number of para-hydroxylation sites is 1. The molecule has 0 bridgehead atoms. The second kappa shape index (κ2) is 10.4. The Morgan fingerprint density at radius 2 is 1.69 bits per heavy atom. The molecule has 5 heteroatoms. The van der Waals surface area contributed by atoms with E-state index in [4.69, 9.17) is 9.47 Å². The predicted molar refractivity (Wildman–Crippen MR) is 139 cm³/mol. The van der Waals surface area contributed by atoms with Crippen LogP contribution in [0, 0.1) is 0 Å². The summed E-state index contributed by atoms with van der Waals surface area (Å²) in [6, 6.07) is 27.0. The van der Waals surface area contributed by atoms with Gasteiger partial charge < -0.3 is 19.8 Å². The quantitative estimate of drug-likeness (QED) is 0.309. The Bertz CT molecular complexity index is 1270. The molecule has 2 N–H and O–H groups in total. The molecule has 0 aliphatic carbocycles. The third-order valence-electron chi connectivity index (χ3n) is 6.85. The molecule has 1 aliphatic heterocycles. The Labute approximate surface area is 206 Å². The molecule has 1 aliphatic rings. The zero-order chi connectivity index (χ0) is 24.2. The molecule has 2 heterocycles. The second-order valence-corrected chi connectivity index (χ2v) is 9.12.